The highest BCUT2D eigenvalue weighted by Crippen LogP contribution is 2.22. The van der Waals surface area contributed by atoms with Gasteiger partial charge in [0.05, 0.1) is 29.9 Å². The Hall–Kier alpha value is -2.55. The van der Waals surface area contributed by atoms with E-state index in [9.17, 15) is 4.79 Å². The molecule has 6 heteroatoms. The number of nitrogens with one attached hydrogen (secondary N) is 2. The number of amides is 2. The fourth-order valence-electron chi connectivity index (χ4n) is 1.98. The summed E-state index contributed by atoms with van der Waals surface area (Å²) in [5.74, 6) is 0. The van der Waals surface area contributed by atoms with Crippen molar-refractivity contribution in [2.45, 2.75) is 6.04 Å². The number of nitrogens with zero attached hydrogens (tertiary/aromatic N) is 3. The molecule has 1 aromatic carbocycles. The van der Waals surface area contributed by atoms with Gasteiger partial charge in [-0.25, -0.2) is 14.7 Å². The van der Waals surface area contributed by atoms with Crippen LogP contribution >= 0.6 is 0 Å². The quantitative estimate of drug-likeness (QED) is 0.715. The highest BCUT2D eigenvalue weighted by Gasteiger charge is 2.29. The molecule has 17 heavy (non-hydrogen) atoms. The number of urea groups is 1. The number of nitriles is 1. The van der Waals surface area contributed by atoms with Gasteiger partial charge in [0.2, 0.25) is 0 Å². The maximum Gasteiger partial charge on any atom is 0.331 e. The molecule has 84 valence electrons. The smallest absolute Gasteiger partial charge is 0.331 e. The summed E-state index contributed by atoms with van der Waals surface area (Å²) in [5.41, 5.74) is 2.77. The molecule has 1 fully saturated rings. The van der Waals surface area contributed by atoms with Crippen molar-refractivity contribution in [3.63, 3.8) is 0 Å². The molecule has 1 saturated heterocycles. The lowest BCUT2D eigenvalue weighted by Gasteiger charge is -2.08. The van der Waals surface area contributed by atoms with Crippen LogP contribution < -0.4 is 5.32 Å². The molecule has 1 atom stereocenters. The van der Waals surface area contributed by atoms with Gasteiger partial charge in [-0.05, 0) is 17.7 Å². The average Bonchev–Trinajstić information content (AvgIpc) is 2.93. The highest BCUT2D eigenvalue weighted by atomic mass is 16.2. The number of fused-ring (bicyclic) bond motifs is 1. The number of carbonyl (C=O) groups is 1. The molecule has 1 aliphatic heterocycles. The molecule has 1 aromatic heterocycles. The summed E-state index contributed by atoms with van der Waals surface area (Å²) in [6, 6.07) is 5.25. The second-order valence-corrected chi connectivity index (χ2v) is 3.89. The van der Waals surface area contributed by atoms with E-state index < -0.39 is 0 Å². The van der Waals surface area contributed by atoms with Crippen molar-refractivity contribution in [2.24, 2.45) is 0 Å². The van der Waals surface area contributed by atoms with Gasteiger partial charge in [0.1, 0.15) is 0 Å². The Morgan fingerprint density at radius 3 is 3.18 bits per heavy atom. The third kappa shape index (κ3) is 1.49. The van der Waals surface area contributed by atoms with Crippen LogP contribution in [0, 0.1) is 11.5 Å². The molecule has 6 nitrogen and oxygen atoms in total. The van der Waals surface area contributed by atoms with Gasteiger partial charge < -0.3 is 10.3 Å². The van der Waals surface area contributed by atoms with Crippen molar-refractivity contribution in [3.8, 4) is 6.19 Å². The lowest BCUT2D eigenvalue weighted by molar-refractivity contribution is 0.232. The first-order valence-electron chi connectivity index (χ1n) is 5.19. The molecule has 3 rings (SSSR count). The fourth-order valence-corrected chi connectivity index (χ4v) is 1.98. The van der Waals surface area contributed by atoms with Crippen LogP contribution in [0.2, 0.25) is 0 Å². The molecular weight excluding hydrogens is 218 g/mol. The number of hydrogen-bond donors (Lipinski definition) is 2. The molecule has 0 bridgehead atoms. The number of benzene rings is 1. The van der Waals surface area contributed by atoms with E-state index in [1.807, 2.05) is 24.4 Å². The lowest BCUT2D eigenvalue weighted by Crippen LogP contribution is -2.23. The normalized spacial score (nSPS) is 19.4. The Morgan fingerprint density at radius 2 is 2.41 bits per heavy atom. The van der Waals surface area contributed by atoms with E-state index in [1.54, 1.807) is 6.33 Å². The van der Waals surface area contributed by atoms with Crippen LogP contribution in [0.3, 0.4) is 0 Å². The van der Waals surface area contributed by atoms with Crippen LogP contribution in [-0.2, 0) is 0 Å². The molecule has 2 aromatic rings. The van der Waals surface area contributed by atoms with Crippen molar-refractivity contribution in [1.29, 1.82) is 5.26 Å². The first kappa shape index (κ1) is 9.66. The number of hydrogen-bond acceptors (Lipinski definition) is 3. The number of aromatic nitrogens is 2. The predicted octanol–water partition coefficient (Wildman–Crippen LogP) is 1.11. The molecule has 1 unspecified atom stereocenters. The van der Waals surface area contributed by atoms with Crippen LogP contribution in [-0.4, -0.2) is 27.4 Å². The molecule has 0 saturated carbocycles. The van der Waals surface area contributed by atoms with Gasteiger partial charge in [0.15, 0.2) is 6.19 Å². The van der Waals surface area contributed by atoms with Crippen LogP contribution in [0.4, 0.5) is 4.79 Å². The number of carbonyl (C=O) groups excluding carboxylic acids is 1. The Labute approximate surface area is 96.9 Å². The highest BCUT2D eigenvalue weighted by molar-refractivity contribution is 5.80. The van der Waals surface area contributed by atoms with E-state index in [1.165, 1.54) is 0 Å². The maximum atomic E-state index is 11.4. The molecule has 2 amide bonds. The minimum absolute atomic E-state index is 0.144. The molecule has 2 N–H and O–H groups in total. The summed E-state index contributed by atoms with van der Waals surface area (Å²) in [6.45, 7) is 0.370. The van der Waals surface area contributed by atoms with Crippen LogP contribution in [0.25, 0.3) is 11.0 Å². The number of H-pyrrole nitrogens is 1. The zero-order valence-electron chi connectivity index (χ0n) is 8.84. The van der Waals surface area contributed by atoms with Gasteiger partial charge in [-0.3, -0.25) is 0 Å². The summed E-state index contributed by atoms with van der Waals surface area (Å²) in [7, 11) is 0. The van der Waals surface area contributed by atoms with Crippen molar-refractivity contribution >= 4 is 17.1 Å². The summed E-state index contributed by atoms with van der Waals surface area (Å²) >= 11 is 0. The summed E-state index contributed by atoms with van der Waals surface area (Å²) < 4.78 is 0. The number of rotatable bonds is 1. The van der Waals surface area contributed by atoms with Gasteiger partial charge in [-0.1, -0.05) is 6.07 Å². The van der Waals surface area contributed by atoms with Crippen molar-refractivity contribution in [3.05, 3.63) is 30.1 Å². The topological polar surface area (TPSA) is 84.8 Å². The van der Waals surface area contributed by atoms with E-state index in [2.05, 4.69) is 15.3 Å². The van der Waals surface area contributed by atoms with Gasteiger partial charge in [0, 0.05) is 0 Å². The minimum atomic E-state index is -0.345. The Balaban J connectivity index is 1.94. The standard InChI is InChI=1S/C11H9N5O/c12-5-16-4-10(15-11(16)17)7-1-2-8-9(3-7)14-6-13-8/h1-3,6,10H,4H2,(H,13,14)(H,15,17). The second-order valence-electron chi connectivity index (χ2n) is 3.89. The molecule has 0 aliphatic carbocycles. The lowest BCUT2D eigenvalue weighted by atomic mass is 10.1. The maximum absolute atomic E-state index is 11.4. The Bertz CT molecular complexity index is 626. The first-order chi connectivity index (χ1) is 8.28. The van der Waals surface area contributed by atoms with Crippen LogP contribution in [0.15, 0.2) is 24.5 Å². The SMILES string of the molecule is N#CN1CC(c2ccc3nc[nH]c3c2)NC1=O. The summed E-state index contributed by atoms with van der Waals surface area (Å²) in [5, 5.41) is 11.5. The van der Waals surface area contributed by atoms with Gasteiger partial charge in [-0.2, -0.15) is 5.26 Å². The van der Waals surface area contributed by atoms with Crippen molar-refractivity contribution in [1.82, 2.24) is 20.2 Å². The molecule has 1 aliphatic rings. The van der Waals surface area contributed by atoms with Crippen molar-refractivity contribution in [2.75, 3.05) is 6.54 Å². The van der Waals surface area contributed by atoms with Gasteiger partial charge >= 0.3 is 6.03 Å². The Kier molecular flexibility index (Phi) is 1.98. The zero-order valence-corrected chi connectivity index (χ0v) is 8.84. The van der Waals surface area contributed by atoms with Crippen molar-refractivity contribution < 1.29 is 4.79 Å². The third-order valence-electron chi connectivity index (χ3n) is 2.88. The summed E-state index contributed by atoms with van der Waals surface area (Å²) in [6.07, 6.45) is 3.47. The zero-order chi connectivity index (χ0) is 11.8. The third-order valence-corrected chi connectivity index (χ3v) is 2.88. The number of imidazole rings is 1. The van der Waals surface area contributed by atoms with E-state index >= 15 is 0 Å². The molecular formula is C11H9N5O. The largest absolute Gasteiger partial charge is 0.345 e. The van der Waals surface area contributed by atoms with E-state index in [4.69, 9.17) is 5.26 Å². The van der Waals surface area contributed by atoms with E-state index in [0.29, 0.717) is 6.54 Å². The Morgan fingerprint density at radius 1 is 1.53 bits per heavy atom. The minimum Gasteiger partial charge on any atom is -0.345 e. The monoisotopic (exact) mass is 227 g/mol. The number of aromatic amines is 1. The van der Waals surface area contributed by atoms with Gasteiger partial charge in [-0.15, -0.1) is 0 Å². The van der Waals surface area contributed by atoms with E-state index in [-0.39, 0.29) is 12.1 Å². The molecule has 0 spiro atoms. The van der Waals surface area contributed by atoms with Gasteiger partial charge in [0.25, 0.3) is 0 Å². The average molecular weight is 227 g/mol. The van der Waals surface area contributed by atoms with E-state index in [0.717, 1.165) is 21.5 Å². The molecule has 2 heterocycles. The van der Waals surface area contributed by atoms with Crippen LogP contribution in [0.1, 0.15) is 11.6 Å². The fraction of sp³-hybridized carbons (Fsp3) is 0.182. The van der Waals surface area contributed by atoms with Crippen LogP contribution in [0.5, 0.6) is 0 Å². The predicted molar refractivity (Wildman–Crippen MR) is 59.7 cm³/mol. The first-order valence-corrected chi connectivity index (χ1v) is 5.19. The second kappa shape index (κ2) is 3.49. The summed E-state index contributed by atoms with van der Waals surface area (Å²) in [4.78, 5) is 19.6. The molecule has 0 radical (unpaired) electrons.